The number of carbonyl (C=O) groups is 1. The van der Waals surface area contributed by atoms with Crippen LogP contribution in [0, 0.1) is 10.8 Å². The summed E-state index contributed by atoms with van der Waals surface area (Å²) in [5.41, 5.74) is 1.93. The lowest BCUT2D eigenvalue weighted by molar-refractivity contribution is 0.0338. The van der Waals surface area contributed by atoms with Crippen LogP contribution in [0.3, 0.4) is 0 Å². The molecule has 0 radical (unpaired) electrons. The molecule has 1 heterocycles. The van der Waals surface area contributed by atoms with Crippen molar-refractivity contribution in [2.45, 2.75) is 61.0 Å². The van der Waals surface area contributed by atoms with Crippen molar-refractivity contribution in [3.05, 3.63) is 47.5 Å². The van der Waals surface area contributed by atoms with E-state index in [-0.39, 0.29) is 22.7 Å². The lowest BCUT2D eigenvalue weighted by Crippen LogP contribution is -2.36. The second-order valence-electron chi connectivity index (χ2n) is 10.6. The van der Waals surface area contributed by atoms with Crippen molar-refractivity contribution in [3.8, 4) is 5.75 Å². The lowest BCUT2D eigenvalue weighted by atomic mass is 9.71. The highest BCUT2D eigenvalue weighted by Gasteiger charge is 2.46. The van der Waals surface area contributed by atoms with E-state index in [1.807, 2.05) is 45.0 Å². The molecule has 1 aliphatic heterocycles. The molecule has 0 bridgehead atoms. The number of aromatic hydroxyl groups is 1. The minimum atomic E-state index is -0.586. The van der Waals surface area contributed by atoms with Gasteiger partial charge in [-0.3, -0.25) is 4.90 Å². The summed E-state index contributed by atoms with van der Waals surface area (Å²) in [7, 11) is 0. The molecular weight excluding hydrogens is 362 g/mol. The molecular formula is C25H33NO3. The Morgan fingerprint density at radius 2 is 1.69 bits per heavy atom. The minimum absolute atomic E-state index is 0.165. The van der Waals surface area contributed by atoms with Gasteiger partial charge in [-0.15, -0.1) is 0 Å². The van der Waals surface area contributed by atoms with Gasteiger partial charge >= 0.3 is 6.09 Å². The number of ether oxygens (including phenoxy) is 1. The highest BCUT2D eigenvalue weighted by atomic mass is 16.6. The molecule has 1 N–H and O–H groups in total. The number of phenolic OH excluding ortho intramolecular Hbond substituents is 1. The zero-order valence-corrected chi connectivity index (χ0v) is 18.9. The van der Waals surface area contributed by atoms with Crippen LogP contribution in [-0.4, -0.2) is 28.2 Å². The minimum Gasteiger partial charge on any atom is -0.508 e. The van der Waals surface area contributed by atoms with Crippen LogP contribution in [0.4, 0.5) is 4.79 Å². The zero-order chi connectivity index (χ0) is 21.8. The van der Waals surface area contributed by atoms with E-state index in [1.54, 1.807) is 17.0 Å². The van der Waals surface area contributed by atoms with Gasteiger partial charge in [0.2, 0.25) is 0 Å². The number of phenols is 1. The third kappa shape index (κ3) is 4.12. The number of fused-ring (bicyclic) bond motifs is 1. The summed E-state index contributed by atoms with van der Waals surface area (Å²) in [6, 6.07) is 11.5. The van der Waals surface area contributed by atoms with Gasteiger partial charge in [0.15, 0.2) is 0 Å². The Bertz CT molecular complexity index is 987. The van der Waals surface area contributed by atoms with Gasteiger partial charge in [-0.05, 0) is 54.7 Å². The molecule has 29 heavy (non-hydrogen) atoms. The van der Waals surface area contributed by atoms with Crippen LogP contribution in [0.2, 0.25) is 0 Å². The molecule has 3 rings (SSSR count). The molecule has 0 aliphatic carbocycles. The highest BCUT2D eigenvalue weighted by molar-refractivity contribution is 5.99. The first-order valence-corrected chi connectivity index (χ1v) is 10.2. The van der Waals surface area contributed by atoms with Crippen molar-refractivity contribution in [3.63, 3.8) is 0 Å². The quantitative estimate of drug-likeness (QED) is 0.593. The zero-order valence-electron chi connectivity index (χ0n) is 18.9. The Kier molecular flexibility index (Phi) is 4.97. The summed E-state index contributed by atoms with van der Waals surface area (Å²) in [5, 5.41) is 12.4. The van der Waals surface area contributed by atoms with E-state index in [0.29, 0.717) is 6.54 Å². The number of hydrogen-bond donors (Lipinski definition) is 1. The molecule has 156 valence electrons. The molecule has 4 heteroatoms. The van der Waals surface area contributed by atoms with Crippen molar-refractivity contribution < 1.29 is 14.6 Å². The number of carbonyl (C=O) groups excluding carboxylic acids is 1. The monoisotopic (exact) mass is 395 g/mol. The predicted octanol–water partition coefficient (Wildman–Crippen LogP) is 6.58. The van der Waals surface area contributed by atoms with E-state index in [9.17, 15) is 9.90 Å². The number of amides is 1. The molecule has 0 saturated heterocycles. The summed E-state index contributed by atoms with van der Waals surface area (Å²) >= 11 is 0. The van der Waals surface area contributed by atoms with Crippen LogP contribution in [0.1, 0.15) is 61.0 Å². The van der Waals surface area contributed by atoms with Gasteiger partial charge in [0, 0.05) is 17.5 Å². The van der Waals surface area contributed by atoms with E-state index in [2.05, 4.69) is 34.6 Å². The van der Waals surface area contributed by atoms with Crippen LogP contribution in [0.5, 0.6) is 5.75 Å². The Labute approximate surface area is 174 Å². The number of nitrogens with zero attached hydrogens (tertiary/aromatic N) is 1. The van der Waals surface area contributed by atoms with Crippen LogP contribution in [-0.2, 0) is 4.74 Å². The van der Waals surface area contributed by atoms with E-state index in [1.165, 1.54) is 5.57 Å². The van der Waals surface area contributed by atoms with E-state index in [0.717, 1.165) is 22.0 Å². The molecule has 2 aromatic carbocycles. The first-order valence-electron chi connectivity index (χ1n) is 10.2. The maximum Gasteiger partial charge on any atom is 0.414 e. The summed E-state index contributed by atoms with van der Waals surface area (Å²) in [5.74, 6) is 0.188. The first-order chi connectivity index (χ1) is 13.2. The molecule has 0 spiro atoms. The Balaban J connectivity index is 2.34. The second-order valence-corrected chi connectivity index (χ2v) is 10.6. The van der Waals surface area contributed by atoms with Gasteiger partial charge < -0.3 is 9.84 Å². The van der Waals surface area contributed by atoms with Crippen LogP contribution in [0.25, 0.3) is 16.5 Å². The maximum absolute atomic E-state index is 13.2. The SMILES string of the molecule is CC(C)(C)OC(=O)N1CC(C)(C)C(C(C)(C)C)=C1c1cc(O)cc2ccccc12. The third-order valence-corrected chi connectivity index (χ3v) is 5.20. The third-order valence-electron chi connectivity index (χ3n) is 5.20. The van der Waals surface area contributed by atoms with E-state index in [4.69, 9.17) is 4.74 Å². The summed E-state index contributed by atoms with van der Waals surface area (Å²) in [4.78, 5) is 15.0. The fraction of sp³-hybridized carbons (Fsp3) is 0.480. The average molecular weight is 396 g/mol. The summed E-state index contributed by atoms with van der Waals surface area (Å²) in [6.07, 6.45) is -0.354. The molecule has 0 atom stereocenters. The van der Waals surface area contributed by atoms with Crippen molar-refractivity contribution in [1.29, 1.82) is 0 Å². The Hall–Kier alpha value is -2.49. The van der Waals surface area contributed by atoms with E-state index < -0.39 is 5.60 Å². The topological polar surface area (TPSA) is 49.8 Å². The molecule has 0 saturated carbocycles. The molecule has 4 nitrogen and oxygen atoms in total. The summed E-state index contributed by atoms with van der Waals surface area (Å²) < 4.78 is 5.76. The number of rotatable bonds is 1. The maximum atomic E-state index is 13.2. The highest BCUT2D eigenvalue weighted by Crippen LogP contribution is 2.52. The van der Waals surface area contributed by atoms with Gasteiger partial charge in [0.05, 0.1) is 5.70 Å². The second kappa shape index (κ2) is 6.79. The van der Waals surface area contributed by atoms with Crippen molar-refractivity contribution >= 4 is 22.6 Å². The largest absolute Gasteiger partial charge is 0.508 e. The van der Waals surface area contributed by atoms with Gasteiger partial charge in [-0.25, -0.2) is 4.79 Å². The fourth-order valence-corrected chi connectivity index (χ4v) is 4.62. The van der Waals surface area contributed by atoms with Gasteiger partial charge in [0.25, 0.3) is 0 Å². The first kappa shape index (κ1) is 21.2. The number of benzene rings is 2. The fourth-order valence-electron chi connectivity index (χ4n) is 4.62. The normalized spacial score (nSPS) is 17.2. The lowest BCUT2D eigenvalue weighted by Gasteiger charge is -2.32. The average Bonchev–Trinajstić information content (AvgIpc) is 2.84. The van der Waals surface area contributed by atoms with Gasteiger partial charge in [-0.2, -0.15) is 0 Å². The van der Waals surface area contributed by atoms with Crippen molar-refractivity contribution in [2.75, 3.05) is 6.54 Å². The molecule has 2 aromatic rings. The summed E-state index contributed by atoms with van der Waals surface area (Å²) in [6.45, 7) is 17.0. The van der Waals surface area contributed by atoms with Crippen molar-refractivity contribution in [1.82, 2.24) is 4.90 Å². The van der Waals surface area contributed by atoms with Crippen LogP contribution >= 0.6 is 0 Å². The molecule has 1 aliphatic rings. The molecule has 0 aromatic heterocycles. The van der Waals surface area contributed by atoms with E-state index >= 15 is 0 Å². The molecule has 0 fully saturated rings. The Morgan fingerprint density at radius 1 is 1.07 bits per heavy atom. The smallest absolute Gasteiger partial charge is 0.414 e. The standard InChI is InChI=1S/C25H33NO3/c1-23(2,3)21-20(19-14-17(27)13-16-11-9-10-12-18(16)19)26(15-25(21,7)8)22(28)29-24(4,5)6/h9-14,27H,15H2,1-8H3. The number of hydrogen-bond acceptors (Lipinski definition) is 3. The van der Waals surface area contributed by atoms with Gasteiger partial charge in [0.1, 0.15) is 11.4 Å². The molecule has 1 amide bonds. The van der Waals surface area contributed by atoms with Crippen molar-refractivity contribution in [2.24, 2.45) is 10.8 Å². The Morgan fingerprint density at radius 3 is 2.28 bits per heavy atom. The molecule has 0 unspecified atom stereocenters. The van der Waals surface area contributed by atoms with Crippen LogP contribution in [0.15, 0.2) is 42.0 Å². The van der Waals surface area contributed by atoms with Gasteiger partial charge in [-0.1, -0.05) is 58.9 Å². The predicted molar refractivity (Wildman–Crippen MR) is 119 cm³/mol. The van der Waals surface area contributed by atoms with Crippen LogP contribution < -0.4 is 0 Å².